The van der Waals surface area contributed by atoms with E-state index in [4.69, 9.17) is 4.74 Å². The number of benzene rings is 2. The van der Waals surface area contributed by atoms with Gasteiger partial charge in [-0.3, -0.25) is 14.4 Å². The summed E-state index contributed by atoms with van der Waals surface area (Å²) in [5, 5.41) is 2.70. The summed E-state index contributed by atoms with van der Waals surface area (Å²) in [5.74, 6) is -0.894. The molecular formula is C20H22N2O4. The molecule has 2 aromatic rings. The van der Waals surface area contributed by atoms with Gasteiger partial charge in [0, 0.05) is 30.4 Å². The molecule has 0 fully saturated rings. The van der Waals surface area contributed by atoms with Gasteiger partial charge in [0.1, 0.15) is 0 Å². The first kappa shape index (κ1) is 19.2. The number of para-hydroxylation sites is 1. The highest BCUT2D eigenvalue weighted by molar-refractivity contribution is 6.06. The van der Waals surface area contributed by atoms with Crippen LogP contribution in [0.4, 0.5) is 11.4 Å². The van der Waals surface area contributed by atoms with E-state index >= 15 is 0 Å². The molecule has 0 saturated heterocycles. The van der Waals surface area contributed by atoms with Gasteiger partial charge in [0.05, 0.1) is 13.0 Å². The predicted octanol–water partition coefficient (Wildman–Crippen LogP) is 3.25. The maximum absolute atomic E-state index is 12.6. The number of amides is 2. The van der Waals surface area contributed by atoms with E-state index in [1.165, 1.54) is 0 Å². The van der Waals surface area contributed by atoms with Crippen molar-refractivity contribution in [2.45, 2.75) is 19.8 Å². The second kappa shape index (κ2) is 9.36. The van der Waals surface area contributed by atoms with Gasteiger partial charge in [-0.25, -0.2) is 0 Å². The number of anilines is 2. The van der Waals surface area contributed by atoms with Crippen LogP contribution in [0.3, 0.4) is 0 Å². The third-order valence-corrected chi connectivity index (χ3v) is 3.70. The highest BCUT2D eigenvalue weighted by Crippen LogP contribution is 2.17. The molecule has 0 unspecified atom stereocenters. The van der Waals surface area contributed by atoms with Crippen LogP contribution in [0.2, 0.25) is 0 Å². The summed E-state index contributed by atoms with van der Waals surface area (Å²) in [4.78, 5) is 37.4. The number of hydrogen-bond acceptors (Lipinski definition) is 4. The number of esters is 1. The van der Waals surface area contributed by atoms with Gasteiger partial charge in [0.25, 0.3) is 5.91 Å². The third kappa shape index (κ3) is 5.44. The Balaban J connectivity index is 2.00. The van der Waals surface area contributed by atoms with Crippen molar-refractivity contribution in [3.05, 3.63) is 60.2 Å². The van der Waals surface area contributed by atoms with Crippen LogP contribution in [-0.4, -0.2) is 31.4 Å². The van der Waals surface area contributed by atoms with Crippen LogP contribution in [-0.2, 0) is 14.3 Å². The minimum Gasteiger partial charge on any atom is -0.466 e. The number of carbonyl (C=O) groups excluding carboxylic acids is 3. The summed E-state index contributed by atoms with van der Waals surface area (Å²) in [5.41, 5.74) is 1.74. The van der Waals surface area contributed by atoms with Gasteiger partial charge in [-0.2, -0.15) is 0 Å². The van der Waals surface area contributed by atoms with E-state index < -0.39 is 5.97 Å². The van der Waals surface area contributed by atoms with E-state index in [-0.39, 0.29) is 24.7 Å². The van der Waals surface area contributed by atoms with Crippen LogP contribution >= 0.6 is 0 Å². The van der Waals surface area contributed by atoms with Crippen molar-refractivity contribution >= 4 is 29.2 Å². The molecule has 0 radical (unpaired) electrons. The fourth-order valence-corrected chi connectivity index (χ4v) is 2.36. The molecule has 26 heavy (non-hydrogen) atoms. The second-order valence-electron chi connectivity index (χ2n) is 5.63. The molecule has 136 valence electrons. The summed E-state index contributed by atoms with van der Waals surface area (Å²) in [6, 6.07) is 16.0. The van der Waals surface area contributed by atoms with Crippen molar-refractivity contribution in [2.75, 3.05) is 23.9 Å². The highest BCUT2D eigenvalue weighted by Gasteiger charge is 2.14. The summed E-state index contributed by atoms with van der Waals surface area (Å²) >= 11 is 0. The number of rotatable bonds is 7. The number of nitrogens with zero attached hydrogens (tertiary/aromatic N) is 1. The van der Waals surface area contributed by atoms with E-state index in [1.807, 2.05) is 30.3 Å². The van der Waals surface area contributed by atoms with Crippen molar-refractivity contribution in [3.8, 4) is 0 Å². The lowest BCUT2D eigenvalue weighted by atomic mass is 10.1. The molecule has 6 nitrogen and oxygen atoms in total. The molecule has 0 heterocycles. The van der Waals surface area contributed by atoms with Gasteiger partial charge >= 0.3 is 5.97 Å². The zero-order valence-corrected chi connectivity index (χ0v) is 14.9. The molecule has 0 aromatic heterocycles. The van der Waals surface area contributed by atoms with Gasteiger partial charge in [-0.05, 0) is 37.3 Å². The fraction of sp³-hybridized carbons (Fsp3) is 0.250. The first-order valence-electron chi connectivity index (χ1n) is 8.40. The Hall–Kier alpha value is -3.15. The zero-order valence-electron chi connectivity index (χ0n) is 14.9. The van der Waals surface area contributed by atoms with Gasteiger partial charge in [0.2, 0.25) is 5.91 Å². The highest BCUT2D eigenvalue weighted by atomic mass is 16.5. The van der Waals surface area contributed by atoms with Crippen molar-refractivity contribution in [1.82, 2.24) is 0 Å². The number of ether oxygens (including phenoxy) is 1. The summed E-state index contributed by atoms with van der Waals surface area (Å²) in [6.07, 6.45) is 0.0516. The molecule has 0 atom stereocenters. The molecule has 0 saturated carbocycles. The van der Waals surface area contributed by atoms with Crippen molar-refractivity contribution < 1.29 is 19.1 Å². The Morgan fingerprint density at radius 2 is 1.73 bits per heavy atom. The second-order valence-corrected chi connectivity index (χ2v) is 5.63. The lowest BCUT2D eigenvalue weighted by molar-refractivity contribution is -0.144. The molecule has 0 aliphatic carbocycles. The maximum atomic E-state index is 12.6. The molecule has 1 N–H and O–H groups in total. The Labute approximate surface area is 152 Å². The predicted molar refractivity (Wildman–Crippen MR) is 100 cm³/mol. The number of carbonyl (C=O) groups is 3. The lowest BCUT2D eigenvalue weighted by Crippen LogP contribution is -2.26. The van der Waals surface area contributed by atoms with Gasteiger partial charge < -0.3 is 15.0 Å². The minimum absolute atomic E-state index is 0.0229. The van der Waals surface area contributed by atoms with Gasteiger partial charge in [-0.15, -0.1) is 0 Å². The Bertz CT molecular complexity index is 774. The molecule has 6 heteroatoms. The Kier molecular flexibility index (Phi) is 6.91. The van der Waals surface area contributed by atoms with Crippen molar-refractivity contribution in [2.24, 2.45) is 0 Å². The standard InChI is InChI=1S/C20H22N2O4/c1-3-26-19(24)13-12-18(23)21-16-9-7-8-15(14-16)20(25)22(2)17-10-5-4-6-11-17/h4-11,14H,3,12-13H2,1-2H3,(H,21,23). The molecule has 0 aliphatic rings. The molecule has 2 amide bonds. The fourth-order valence-electron chi connectivity index (χ4n) is 2.36. The molecule has 0 aliphatic heterocycles. The Morgan fingerprint density at radius 3 is 2.42 bits per heavy atom. The molecule has 2 aromatic carbocycles. The van der Waals surface area contributed by atoms with E-state index in [1.54, 1.807) is 43.1 Å². The van der Waals surface area contributed by atoms with Crippen LogP contribution in [0.1, 0.15) is 30.1 Å². The molecular weight excluding hydrogens is 332 g/mol. The SMILES string of the molecule is CCOC(=O)CCC(=O)Nc1cccc(C(=O)N(C)c2ccccc2)c1. The van der Waals surface area contributed by atoms with Gasteiger partial charge in [0.15, 0.2) is 0 Å². The first-order valence-corrected chi connectivity index (χ1v) is 8.40. The number of hydrogen-bond donors (Lipinski definition) is 1. The smallest absolute Gasteiger partial charge is 0.306 e. The quantitative estimate of drug-likeness (QED) is 0.775. The summed E-state index contributed by atoms with van der Waals surface area (Å²) in [7, 11) is 1.70. The van der Waals surface area contributed by atoms with Crippen molar-refractivity contribution in [3.63, 3.8) is 0 Å². The maximum Gasteiger partial charge on any atom is 0.306 e. The van der Waals surface area contributed by atoms with Crippen LogP contribution < -0.4 is 10.2 Å². The van der Waals surface area contributed by atoms with Gasteiger partial charge in [-0.1, -0.05) is 24.3 Å². The topological polar surface area (TPSA) is 75.7 Å². The Morgan fingerprint density at radius 1 is 1.00 bits per heavy atom. The lowest BCUT2D eigenvalue weighted by Gasteiger charge is -2.17. The average Bonchev–Trinajstić information content (AvgIpc) is 2.66. The first-order chi connectivity index (χ1) is 12.5. The molecule has 0 spiro atoms. The minimum atomic E-state index is -0.406. The van der Waals surface area contributed by atoms with E-state index in [0.717, 1.165) is 5.69 Å². The summed E-state index contributed by atoms with van der Waals surface area (Å²) < 4.78 is 4.79. The van der Waals surface area contributed by atoms with Crippen molar-refractivity contribution in [1.29, 1.82) is 0 Å². The monoisotopic (exact) mass is 354 g/mol. The molecule has 2 rings (SSSR count). The van der Waals surface area contributed by atoms with E-state index in [9.17, 15) is 14.4 Å². The zero-order chi connectivity index (χ0) is 18.9. The van der Waals surface area contributed by atoms with Crippen LogP contribution in [0, 0.1) is 0 Å². The summed E-state index contributed by atoms with van der Waals surface area (Å²) in [6.45, 7) is 2.01. The van der Waals surface area contributed by atoms with Crippen LogP contribution in [0.5, 0.6) is 0 Å². The number of nitrogens with one attached hydrogen (secondary N) is 1. The van der Waals surface area contributed by atoms with Crippen LogP contribution in [0.15, 0.2) is 54.6 Å². The third-order valence-electron chi connectivity index (χ3n) is 3.70. The van der Waals surface area contributed by atoms with E-state index in [2.05, 4.69) is 5.32 Å². The largest absolute Gasteiger partial charge is 0.466 e. The van der Waals surface area contributed by atoms with Crippen LogP contribution in [0.25, 0.3) is 0 Å². The normalized spacial score (nSPS) is 10.1. The molecule has 0 bridgehead atoms. The van der Waals surface area contributed by atoms with E-state index in [0.29, 0.717) is 17.9 Å². The average molecular weight is 354 g/mol.